The first kappa shape index (κ1) is 12.0. The van der Waals surface area contributed by atoms with Crippen molar-refractivity contribution in [2.75, 3.05) is 23.3 Å². The highest BCUT2D eigenvalue weighted by Gasteiger charge is 2.20. The van der Waals surface area contributed by atoms with Crippen molar-refractivity contribution >= 4 is 28.7 Å². The summed E-state index contributed by atoms with van der Waals surface area (Å²) in [6, 6.07) is 10.0. The van der Waals surface area contributed by atoms with E-state index in [1.54, 1.807) is 16.2 Å². The quantitative estimate of drug-likeness (QED) is 0.899. The molecule has 0 radical (unpaired) electrons. The van der Waals surface area contributed by atoms with Crippen molar-refractivity contribution in [3.8, 4) is 0 Å². The standard InChI is InChI=1S/C14H15N3OS/c18-14-15-5-6-17(14)13-3-1-2-12(8-13)16-9-11-4-7-19-10-11/h1-4,7-8,10,16H,5-6,9H2,(H,15,18). The highest BCUT2D eigenvalue weighted by atomic mass is 32.1. The van der Waals surface area contributed by atoms with E-state index in [9.17, 15) is 4.79 Å². The Kier molecular flexibility index (Phi) is 3.37. The molecule has 3 rings (SSSR count). The van der Waals surface area contributed by atoms with Crippen LogP contribution in [0.25, 0.3) is 0 Å². The molecule has 4 nitrogen and oxygen atoms in total. The van der Waals surface area contributed by atoms with E-state index in [1.165, 1.54) is 5.56 Å². The zero-order valence-corrected chi connectivity index (χ0v) is 11.2. The van der Waals surface area contributed by atoms with E-state index in [-0.39, 0.29) is 6.03 Å². The second-order valence-electron chi connectivity index (χ2n) is 4.42. The van der Waals surface area contributed by atoms with Crippen LogP contribution in [-0.2, 0) is 6.54 Å². The molecule has 0 spiro atoms. The van der Waals surface area contributed by atoms with Crippen molar-refractivity contribution in [1.82, 2.24) is 5.32 Å². The Bertz CT molecular complexity index is 568. The van der Waals surface area contributed by atoms with Gasteiger partial charge in [0.05, 0.1) is 0 Å². The van der Waals surface area contributed by atoms with Gasteiger partial charge in [-0.3, -0.25) is 4.90 Å². The Balaban J connectivity index is 1.71. The van der Waals surface area contributed by atoms with Crippen molar-refractivity contribution in [3.05, 3.63) is 46.7 Å². The zero-order valence-electron chi connectivity index (χ0n) is 10.4. The molecular formula is C14H15N3OS. The summed E-state index contributed by atoms with van der Waals surface area (Å²) in [5.41, 5.74) is 3.24. The van der Waals surface area contributed by atoms with Gasteiger partial charge in [0.2, 0.25) is 0 Å². The summed E-state index contributed by atoms with van der Waals surface area (Å²) in [6.45, 7) is 2.25. The topological polar surface area (TPSA) is 44.4 Å². The average Bonchev–Trinajstić information content (AvgIpc) is 3.08. The van der Waals surface area contributed by atoms with Gasteiger partial charge in [-0.2, -0.15) is 11.3 Å². The second-order valence-corrected chi connectivity index (χ2v) is 5.20. The van der Waals surface area contributed by atoms with E-state index in [4.69, 9.17) is 0 Å². The lowest BCUT2D eigenvalue weighted by molar-refractivity contribution is 0.252. The van der Waals surface area contributed by atoms with E-state index in [2.05, 4.69) is 27.5 Å². The SMILES string of the molecule is O=C1NCCN1c1cccc(NCc2ccsc2)c1. The van der Waals surface area contributed by atoms with Gasteiger partial charge >= 0.3 is 6.03 Å². The van der Waals surface area contributed by atoms with Crippen LogP contribution in [-0.4, -0.2) is 19.1 Å². The molecule has 2 amide bonds. The second kappa shape index (κ2) is 5.32. The highest BCUT2D eigenvalue weighted by Crippen LogP contribution is 2.21. The Morgan fingerprint density at radius 3 is 3.05 bits per heavy atom. The van der Waals surface area contributed by atoms with Crippen molar-refractivity contribution in [1.29, 1.82) is 0 Å². The fourth-order valence-electron chi connectivity index (χ4n) is 2.10. The molecule has 1 aliphatic rings. The molecule has 0 unspecified atom stereocenters. The largest absolute Gasteiger partial charge is 0.381 e. The number of hydrogen-bond donors (Lipinski definition) is 2. The maximum Gasteiger partial charge on any atom is 0.321 e. The molecule has 0 aliphatic carbocycles. The average molecular weight is 273 g/mol. The molecule has 19 heavy (non-hydrogen) atoms. The lowest BCUT2D eigenvalue weighted by atomic mass is 10.2. The van der Waals surface area contributed by atoms with Crippen LogP contribution in [0.15, 0.2) is 41.1 Å². The molecule has 0 saturated carbocycles. The Labute approximate surface area is 116 Å². The smallest absolute Gasteiger partial charge is 0.321 e. The third-order valence-electron chi connectivity index (χ3n) is 3.09. The molecule has 1 aromatic carbocycles. The van der Waals surface area contributed by atoms with E-state index in [0.717, 1.165) is 24.5 Å². The molecule has 98 valence electrons. The predicted octanol–water partition coefficient (Wildman–Crippen LogP) is 2.89. The zero-order chi connectivity index (χ0) is 13.1. The van der Waals surface area contributed by atoms with Crippen LogP contribution >= 0.6 is 11.3 Å². The number of anilines is 2. The molecule has 0 bridgehead atoms. The van der Waals surface area contributed by atoms with Gasteiger partial charge in [-0.25, -0.2) is 4.79 Å². The van der Waals surface area contributed by atoms with Gasteiger partial charge in [-0.05, 0) is 40.6 Å². The van der Waals surface area contributed by atoms with E-state index in [1.807, 2.05) is 24.3 Å². The van der Waals surface area contributed by atoms with Crippen LogP contribution in [0, 0.1) is 0 Å². The Hall–Kier alpha value is -2.01. The van der Waals surface area contributed by atoms with Crippen molar-refractivity contribution in [3.63, 3.8) is 0 Å². The number of hydrogen-bond acceptors (Lipinski definition) is 3. The fourth-order valence-corrected chi connectivity index (χ4v) is 2.77. The first-order valence-electron chi connectivity index (χ1n) is 6.23. The van der Waals surface area contributed by atoms with Gasteiger partial charge in [0, 0.05) is 31.0 Å². The van der Waals surface area contributed by atoms with Crippen molar-refractivity contribution < 1.29 is 4.79 Å². The van der Waals surface area contributed by atoms with E-state index in [0.29, 0.717) is 6.54 Å². The summed E-state index contributed by atoms with van der Waals surface area (Å²) in [7, 11) is 0. The predicted molar refractivity (Wildman–Crippen MR) is 78.8 cm³/mol. The number of thiophene rings is 1. The van der Waals surface area contributed by atoms with Gasteiger partial charge in [0.15, 0.2) is 0 Å². The summed E-state index contributed by atoms with van der Waals surface area (Å²) >= 11 is 1.70. The van der Waals surface area contributed by atoms with Crippen molar-refractivity contribution in [2.24, 2.45) is 0 Å². The normalized spacial score (nSPS) is 14.5. The number of carbonyl (C=O) groups excluding carboxylic acids is 1. The maximum atomic E-state index is 11.6. The summed E-state index contributed by atoms with van der Waals surface area (Å²) in [5, 5.41) is 10.4. The lowest BCUT2D eigenvalue weighted by Gasteiger charge is -2.15. The van der Waals surface area contributed by atoms with Gasteiger partial charge in [0.1, 0.15) is 0 Å². The van der Waals surface area contributed by atoms with Crippen LogP contribution in [0.3, 0.4) is 0 Å². The molecule has 5 heteroatoms. The lowest BCUT2D eigenvalue weighted by Crippen LogP contribution is -2.27. The number of benzene rings is 1. The first-order valence-corrected chi connectivity index (χ1v) is 7.17. The summed E-state index contributed by atoms with van der Waals surface area (Å²) in [5.74, 6) is 0. The number of carbonyl (C=O) groups is 1. The van der Waals surface area contributed by atoms with Crippen LogP contribution in [0.1, 0.15) is 5.56 Å². The number of rotatable bonds is 4. The number of amides is 2. The minimum atomic E-state index is -0.0185. The van der Waals surface area contributed by atoms with Crippen LogP contribution in [0.5, 0.6) is 0 Å². The third kappa shape index (κ3) is 2.71. The van der Waals surface area contributed by atoms with Gasteiger partial charge in [-0.15, -0.1) is 0 Å². The number of nitrogens with one attached hydrogen (secondary N) is 2. The highest BCUT2D eigenvalue weighted by molar-refractivity contribution is 7.07. The fraction of sp³-hybridized carbons (Fsp3) is 0.214. The molecule has 2 N–H and O–H groups in total. The van der Waals surface area contributed by atoms with Gasteiger partial charge < -0.3 is 10.6 Å². The van der Waals surface area contributed by atoms with Crippen LogP contribution in [0.2, 0.25) is 0 Å². The Morgan fingerprint density at radius 2 is 2.32 bits per heavy atom. The van der Waals surface area contributed by atoms with Gasteiger partial charge in [0.25, 0.3) is 0 Å². The maximum absolute atomic E-state index is 11.6. The van der Waals surface area contributed by atoms with Crippen LogP contribution in [0.4, 0.5) is 16.2 Å². The monoisotopic (exact) mass is 273 g/mol. The first-order chi connectivity index (χ1) is 9.33. The summed E-state index contributed by atoms with van der Waals surface area (Å²) in [4.78, 5) is 13.4. The molecule has 1 aromatic heterocycles. The molecule has 1 saturated heterocycles. The molecule has 0 atom stereocenters. The van der Waals surface area contributed by atoms with Crippen molar-refractivity contribution in [2.45, 2.75) is 6.54 Å². The minimum absolute atomic E-state index is 0.0185. The summed E-state index contributed by atoms with van der Waals surface area (Å²) in [6.07, 6.45) is 0. The number of urea groups is 1. The van der Waals surface area contributed by atoms with E-state index >= 15 is 0 Å². The molecule has 2 aromatic rings. The third-order valence-corrected chi connectivity index (χ3v) is 3.82. The molecule has 1 aliphatic heterocycles. The molecular weight excluding hydrogens is 258 g/mol. The number of nitrogens with zero attached hydrogens (tertiary/aromatic N) is 1. The van der Waals surface area contributed by atoms with Gasteiger partial charge in [-0.1, -0.05) is 6.07 Å². The molecule has 1 fully saturated rings. The Morgan fingerprint density at radius 1 is 1.37 bits per heavy atom. The van der Waals surface area contributed by atoms with Crippen LogP contribution < -0.4 is 15.5 Å². The summed E-state index contributed by atoms with van der Waals surface area (Å²) < 4.78 is 0. The minimum Gasteiger partial charge on any atom is -0.381 e. The molecule has 2 heterocycles. The van der Waals surface area contributed by atoms with E-state index < -0.39 is 0 Å².